The second-order valence-electron chi connectivity index (χ2n) is 8.39. The highest BCUT2D eigenvalue weighted by atomic mass is 16.3. The minimum Gasteiger partial charge on any atom is -0.493 e. The van der Waals surface area contributed by atoms with Gasteiger partial charge < -0.3 is 5.11 Å². The molecule has 0 aliphatic carbocycles. The molecule has 0 saturated heterocycles. The number of fused-ring (bicyclic) bond motifs is 1. The summed E-state index contributed by atoms with van der Waals surface area (Å²) in [6.45, 7) is 7.84. The van der Waals surface area contributed by atoms with Crippen LogP contribution in [0, 0.1) is 0 Å². The van der Waals surface area contributed by atoms with Gasteiger partial charge in [0.2, 0.25) is 5.88 Å². The molecule has 0 aromatic carbocycles. The number of hydrogen-bond donors (Lipinski definition) is 1. The Morgan fingerprint density at radius 1 is 0.889 bits per heavy atom. The Kier molecular flexibility index (Phi) is 10.8. The Labute approximate surface area is 167 Å². The standard InChI is InChI=1S/C24H42N2O/c1-3-5-7-9-11-13-15-21-19-22-20-26(17-14-12-10-8-6-4-2)18-16-23(22)25-24(21)27/h19H,3-18,20H2,1-2H3,(H,25,27). The number of rotatable bonds is 14. The van der Waals surface area contributed by atoms with Gasteiger partial charge in [0.25, 0.3) is 0 Å². The molecule has 0 amide bonds. The number of pyridine rings is 1. The zero-order valence-electron chi connectivity index (χ0n) is 17.9. The number of nitrogens with zero attached hydrogens (tertiary/aromatic N) is 2. The third-order valence-corrected chi connectivity index (χ3v) is 5.93. The van der Waals surface area contributed by atoms with Gasteiger partial charge in [-0.1, -0.05) is 78.1 Å². The second kappa shape index (κ2) is 13.1. The smallest absolute Gasteiger partial charge is 0.214 e. The van der Waals surface area contributed by atoms with Crippen molar-refractivity contribution in [3.05, 3.63) is 22.9 Å². The fourth-order valence-corrected chi connectivity index (χ4v) is 4.15. The summed E-state index contributed by atoms with van der Waals surface area (Å²) in [4.78, 5) is 7.11. The molecule has 0 fully saturated rings. The van der Waals surface area contributed by atoms with Crippen LogP contribution in [0.3, 0.4) is 0 Å². The summed E-state index contributed by atoms with van der Waals surface area (Å²) >= 11 is 0. The van der Waals surface area contributed by atoms with Crippen molar-refractivity contribution >= 4 is 0 Å². The largest absolute Gasteiger partial charge is 0.493 e. The van der Waals surface area contributed by atoms with Crippen LogP contribution in [0.1, 0.15) is 108 Å². The average Bonchev–Trinajstić information content (AvgIpc) is 2.67. The topological polar surface area (TPSA) is 36.4 Å². The second-order valence-corrected chi connectivity index (χ2v) is 8.39. The zero-order chi connectivity index (χ0) is 19.3. The molecule has 3 nitrogen and oxygen atoms in total. The van der Waals surface area contributed by atoms with E-state index in [9.17, 15) is 5.11 Å². The van der Waals surface area contributed by atoms with Crippen LogP contribution < -0.4 is 0 Å². The molecule has 1 aromatic rings. The Morgan fingerprint density at radius 3 is 2.22 bits per heavy atom. The van der Waals surface area contributed by atoms with Gasteiger partial charge in [-0.15, -0.1) is 0 Å². The minimum atomic E-state index is 0.284. The lowest BCUT2D eigenvalue weighted by atomic mass is 9.99. The van der Waals surface area contributed by atoms with E-state index in [4.69, 9.17) is 0 Å². The molecule has 3 heteroatoms. The molecule has 1 aliphatic rings. The monoisotopic (exact) mass is 374 g/mol. The van der Waals surface area contributed by atoms with E-state index in [0.29, 0.717) is 0 Å². The predicted molar refractivity (Wildman–Crippen MR) is 115 cm³/mol. The number of aryl methyl sites for hydroxylation is 1. The molecule has 1 aromatic heterocycles. The highest BCUT2D eigenvalue weighted by molar-refractivity contribution is 5.35. The molecule has 0 unspecified atom stereocenters. The van der Waals surface area contributed by atoms with Gasteiger partial charge in [-0.3, -0.25) is 4.90 Å². The van der Waals surface area contributed by atoms with Crippen molar-refractivity contribution in [3.63, 3.8) is 0 Å². The molecule has 0 atom stereocenters. The van der Waals surface area contributed by atoms with Gasteiger partial charge in [0.15, 0.2) is 0 Å². The summed E-state index contributed by atoms with van der Waals surface area (Å²) in [5, 5.41) is 10.3. The van der Waals surface area contributed by atoms with Gasteiger partial charge in [-0.2, -0.15) is 0 Å². The molecular formula is C24H42N2O. The maximum absolute atomic E-state index is 10.3. The predicted octanol–water partition coefficient (Wildman–Crippen LogP) is 6.41. The highest BCUT2D eigenvalue weighted by Crippen LogP contribution is 2.25. The number of aromatic hydroxyl groups is 1. The van der Waals surface area contributed by atoms with Crippen LogP contribution in [0.15, 0.2) is 6.07 Å². The summed E-state index contributed by atoms with van der Waals surface area (Å²) < 4.78 is 0. The van der Waals surface area contributed by atoms with Gasteiger partial charge >= 0.3 is 0 Å². The Balaban J connectivity index is 1.75. The van der Waals surface area contributed by atoms with Crippen LogP contribution in [0.5, 0.6) is 5.88 Å². The molecule has 154 valence electrons. The van der Waals surface area contributed by atoms with E-state index in [1.165, 1.54) is 89.2 Å². The summed E-state index contributed by atoms with van der Waals surface area (Å²) in [6.07, 6.45) is 17.8. The third-order valence-electron chi connectivity index (χ3n) is 5.93. The van der Waals surface area contributed by atoms with Crippen LogP contribution in [-0.2, 0) is 19.4 Å². The molecule has 1 N–H and O–H groups in total. The summed E-state index contributed by atoms with van der Waals surface area (Å²) in [5.74, 6) is 0.284. The van der Waals surface area contributed by atoms with E-state index in [1.54, 1.807) is 0 Å². The lowest BCUT2D eigenvalue weighted by Gasteiger charge is -2.28. The molecule has 0 spiro atoms. The van der Waals surface area contributed by atoms with E-state index in [1.807, 2.05) is 0 Å². The summed E-state index contributed by atoms with van der Waals surface area (Å²) in [7, 11) is 0. The van der Waals surface area contributed by atoms with Crippen molar-refractivity contribution in [1.29, 1.82) is 0 Å². The Morgan fingerprint density at radius 2 is 1.52 bits per heavy atom. The molecule has 0 bridgehead atoms. The number of hydrogen-bond acceptors (Lipinski definition) is 3. The van der Waals surface area contributed by atoms with Crippen molar-refractivity contribution in [2.24, 2.45) is 0 Å². The van der Waals surface area contributed by atoms with E-state index < -0.39 is 0 Å². The lowest BCUT2D eigenvalue weighted by Crippen LogP contribution is -2.32. The van der Waals surface area contributed by atoms with Crippen LogP contribution in [0.2, 0.25) is 0 Å². The molecule has 2 heterocycles. The molecule has 0 radical (unpaired) electrons. The van der Waals surface area contributed by atoms with Gasteiger partial charge in [0, 0.05) is 25.1 Å². The van der Waals surface area contributed by atoms with Gasteiger partial charge in [0.1, 0.15) is 0 Å². The van der Waals surface area contributed by atoms with Gasteiger partial charge in [-0.05, 0) is 37.4 Å². The SMILES string of the molecule is CCCCCCCCc1cc2c(nc1O)CCN(CCCCCCCC)C2. The third kappa shape index (κ3) is 8.21. The van der Waals surface area contributed by atoms with E-state index in [0.717, 1.165) is 37.2 Å². The summed E-state index contributed by atoms with van der Waals surface area (Å²) in [5.41, 5.74) is 3.54. The number of aromatic nitrogens is 1. The first-order chi connectivity index (χ1) is 13.2. The van der Waals surface area contributed by atoms with Crippen LogP contribution in [0.4, 0.5) is 0 Å². The van der Waals surface area contributed by atoms with Crippen molar-refractivity contribution < 1.29 is 5.11 Å². The highest BCUT2D eigenvalue weighted by Gasteiger charge is 2.19. The van der Waals surface area contributed by atoms with Crippen LogP contribution in [-0.4, -0.2) is 28.1 Å². The Bertz CT molecular complexity index is 529. The van der Waals surface area contributed by atoms with Crippen molar-refractivity contribution in [2.45, 2.75) is 110 Å². The lowest BCUT2D eigenvalue weighted by molar-refractivity contribution is 0.244. The van der Waals surface area contributed by atoms with Gasteiger partial charge in [0.05, 0.1) is 5.69 Å². The van der Waals surface area contributed by atoms with Crippen LogP contribution in [0.25, 0.3) is 0 Å². The van der Waals surface area contributed by atoms with E-state index in [2.05, 4.69) is 29.8 Å². The van der Waals surface area contributed by atoms with E-state index >= 15 is 0 Å². The Hall–Kier alpha value is -1.09. The molecule has 0 saturated carbocycles. The molecular weight excluding hydrogens is 332 g/mol. The molecule has 27 heavy (non-hydrogen) atoms. The summed E-state index contributed by atoms with van der Waals surface area (Å²) in [6, 6.07) is 2.25. The molecule has 2 rings (SSSR count). The van der Waals surface area contributed by atoms with Crippen molar-refractivity contribution in [1.82, 2.24) is 9.88 Å². The first kappa shape index (κ1) is 22.2. The quantitative estimate of drug-likeness (QED) is 0.382. The van der Waals surface area contributed by atoms with Crippen molar-refractivity contribution in [2.75, 3.05) is 13.1 Å². The maximum atomic E-state index is 10.3. The fourth-order valence-electron chi connectivity index (χ4n) is 4.15. The average molecular weight is 375 g/mol. The minimum absolute atomic E-state index is 0.284. The number of unbranched alkanes of at least 4 members (excludes halogenated alkanes) is 10. The fraction of sp³-hybridized carbons (Fsp3) is 0.792. The molecule has 1 aliphatic heterocycles. The van der Waals surface area contributed by atoms with E-state index in [-0.39, 0.29) is 5.88 Å². The maximum Gasteiger partial charge on any atom is 0.214 e. The van der Waals surface area contributed by atoms with Crippen molar-refractivity contribution in [3.8, 4) is 5.88 Å². The first-order valence-electron chi connectivity index (χ1n) is 11.7. The first-order valence-corrected chi connectivity index (χ1v) is 11.7. The van der Waals surface area contributed by atoms with Gasteiger partial charge in [-0.25, -0.2) is 4.98 Å². The normalized spacial score (nSPS) is 14.4. The zero-order valence-corrected chi connectivity index (χ0v) is 17.9. The van der Waals surface area contributed by atoms with Crippen LogP contribution >= 0.6 is 0 Å².